The number of benzene rings is 2. The van der Waals surface area contributed by atoms with Crippen molar-refractivity contribution in [2.75, 3.05) is 0 Å². The molecule has 13 heteroatoms. The zero-order valence-electron chi connectivity index (χ0n) is 15.0. The fourth-order valence-corrected chi connectivity index (χ4v) is 4.08. The summed E-state index contributed by atoms with van der Waals surface area (Å²) in [6.07, 6.45) is 0.409. The minimum absolute atomic E-state index is 0.182. The molecule has 1 heterocycles. The summed E-state index contributed by atoms with van der Waals surface area (Å²) in [6, 6.07) is 12.9. The van der Waals surface area contributed by atoms with E-state index in [0.29, 0.717) is 22.3 Å². The number of oxime groups is 1. The Bertz CT molecular complexity index is 1210. The number of nitrogens with zero attached hydrogens (tertiary/aromatic N) is 2. The molecule has 0 atom stereocenters. The van der Waals surface area contributed by atoms with Gasteiger partial charge in [0.2, 0.25) is 5.78 Å². The van der Waals surface area contributed by atoms with Gasteiger partial charge in [0.05, 0.1) is 0 Å². The number of ketones is 1. The molecule has 0 aliphatic heterocycles. The van der Waals surface area contributed by atoms with Crippen LogP contribution < -0.4 is 0 Å². The van der Waals surface area contributed by atoms with E-state index in [1.807, 2.05) is 24.3 Å². The summed E-state index contributed by atoms with van der Waals surface area (Å²) in [5, 5.41) is 11.0. The molecule has 1 aliphatic rings. The molecule has 0 fully saturated rings. The molecule has 0 radical (unpaired) electrons. The van der Waals surface area contributed by atoms with E-state index >= 15 is 0 Å². The van der Waals surface area contributed by atoms with Gasteiger partial charge in [-0.3, -0.25) is 9.36 Å². The van der Waals surface area contributed by atoms with Crippen molar-refractivity contribution in [3.63, 3.8) is 0 Å². The first kappa shape index (κ1) is 26.9. The lowest BCUT2D eigenvalue weighted by Crippen LogP contribution is -2.06. The highest BCUT2D eigenvalue weighted by Crippen LogP contribution is 2.61. The molecule has 31 heavy (non-hydrogen) atoms. The number of rotatable bonds is 0. The fraction of sp³-hybridized carbons (Fsp3) is 0.0556. The van der Waals surface area contributed by atoms with E-state index in [2.05, 4.69) is 75.7 Å². The predicted molar refractivity (Wildman–Crippen MR) is 136 cm³/mol. The fourth-order valence-electron chi connectivity index (χ4n) is 2.60. The highest BCUT2D eigenvalue weighted by atomic mass is 79.9. The Morgan fingerprint density at radius 2 is 1.58 bits per heavy atom. The van der Waals surface area contributed by atoms with Crippen molar-refractivity contribution >= 4 is 116 Å². The van der Waals surface area contributed by atoms with Crippen molar-refractivity contribution in [3.05, 3.63) is 72.8 Å². The van der Waals surface area contributed by atoms with Gasteiger partial charge < -0.3 is 5.21 Å². The number of Topliss-reactive ketones (excluding diaryl/α,β-unsaturated/α-hetero) is 1. The van der Waals surface area contributed by atoms with Gasteiger partial charge >= 0.3 is 5.20 Å². The summed E-state index contributed by atoms with van der Waals surface area (Å²) in [5.74, 6) is -0.182. The summed E-state index contributed by atoms with van der Waals surface area (Å²) in [5.41, 5.74) is 1.74. The van der Waals surface area contributed by atoms with Gasteiger partial charge in [-0.2, -0.15) is 0 Å². The van der Waals surface area contributed by atoms with E-state index in [-0.39, 0.29) is 11.5 Å². The first-order chi connectivity index (χ1) is 14.4. The molecule has 1 aromatic heterocycles. The molecule has 0 bridgehead atoms. The highest BCUT2D eigenvalue weighted by molar-refractivity contribution is 9.11. The molecule has 0 amide bonds. The van der Waals surface area contributed by atoms with Gasteiger partial charge in [0.25, 0.3) is 0 Å². The number of pyridine rings is 1. The standard InChI is InChI=1S/C9H4BrCl2N.C9H6BrNO2.Cl3OP/c10-7-3-1-2-5-6(7)4-8(11)13-9(5)12;10-7-3-1-2-5-6(7)4-8(11-13)9(5)12;1-5(2,3)4/h1-4H;1-3,13H,4H2;/b;11-8+;. The second kappa shape index (κ2) is 11.7. The third-order valence-electron chi connectivity index (χ3n) is 3.83. The van der Waals surface area contributed by atoms with Crippen LogP contribution in [0.25, 0.3) is 10.8 Å². The summed E-state index contributed by atoms with van der Waals surface area (Å²) in [7, 11) is 0. The lowest BCUT2D eigenvalue weighted by molar-refractivity contribution is 0.106. The Morgan fingerprint density at radius 1 is 1.00 bits per heavy atom. The van der Waals surface area contributed by atoms with Crippen LogP contribution in [-0.2, 0) is 11.0 Å². The lowest BCUT2D eigenvalue weighted by atomic mass is 10.1. The van der Waals surface area contributed by atoms with Crippen molar-refractivity contribution in [1.82, 2.24) is 4.98 Å². The molecule has 0 saturated carbocycles. The Labute approximate surface area is 218 Å². The number of hydrogen-bond acceptors (Lipinski definition) is 5. The van der Waals surface area contributed by atoms with Crippen LogP contribution in [0.2, 0.25) is 10.3 Å². The van der Waals surface area contributed by atoms with E-state index in [1.54, 1.807) is 18.2 Å². The second-order valence-electron chi connectivity index (χ2n) is 5.79. The van der Waals surface area contributed by atoms with E-state index in [9.17, 15) is 9.36 Å². The summed E-state index contributed by atoms with van der Waals surface area (Å²) in [4.78, 5) is 15.4. The van der Waals surface area contributed by atoms with Crippen LogP contribution in [0, 0.1) is 0 Å². The molecule has 0 unspecified atom stereocenters. The molecule has 0 spiro atoms. The molecular formula is C18H10Br2Cl5N2O3P. The Morgan fingerprint density at radius 3 is 2.16 bits per heavy atom. The first-order valence-electron chi connectivity index (χ1n) is 8.04. The SMILES string of the molecule is Clc1cc2c(Br)cccc2c(Cl)n1.O=C1/C(=N/O)Cc2c(Br)cccc21.O=P(Cl)(Cl)Cl. The summed E-state index contributed by atoms with van der Waals surface area (Å²) < 4.78 is 11.4. The summed E-state index contributed by atoms with van der Waals surface area (Å²) in [6.45, 7) is 0. The van der Waals surface area contributed by atoms with E-state index in [0.717, 1.165) is 25.3 Å². The molecule has 164 valence electrons. The largest absolute Gasteiger partial charge is 0.411 e. The molecule has 3 aromatic rings. The Balaban J connectivity index is 0.000000182. The van der Waals surface area contributed by atoms with Crippen molar-refractivity contribution in [2.24, 2.45) is 5.16 Å². The molecule has 5 nitrogen and oxygen atoms in total. The van der Waals surface area contributed by atoms with Crippen molar-refractivity contribution in [3.8, 4) is 0 Å². The first-order valence-corrected chi connectivity index (χ1v) is 14.8. The number of halogens is 7. The van der Waals surface area contributed by atoms with Gasteiger partial charge in [0.15, 0.2) is 0 Å². The maximum atomic E-state index is 11.5. The van der Waals surface area contributed by atoms with Crippen LogP contribution in [0.4, 0.5) is 0 Å². The number of carbonyl (C=O) groups is 1. The van der Waals surface area contributed by atoms with E-state index in [4.69, 9.17) is 28.4 Å². The third-order valence-corrected chi connectivity index (χ3v) is 5.75. The molecule has 4 rings (SSSR count). The topological polar surface area (TPSA) is 79.6 Å². The monoisotopic (exact) mass is 666 g/mol. The number of carbonyl (C=O) groups excluding carboxylic acids is 1. The van der Waals surface area contributed by atoms with E-state index in [1.165, 1.54) is 0 Å². The van der Waals surface area contributed by atoms with Crippen LogP contribution >= 0.6 is 94.0 Å². The van der Waals surface area contributed by atoms with Gasteiger partial charge in [0, 0.05) is 31.7 Å². The predicted octanol–water partition coefficient (Wildman–Crippen LogP) is 9.13. The van der Waals surface area contributed by atoms with Crippen molar-refractivity contribution < 1.29 is 14.6 Å². The van der Waals surface area contributed by atoms with Crippen molar-refractivity contribution in [1.29, 1.82) is 0 Å². The Hall–Kier alpha value is -0.370. The maximum absolute atomic E-state index is 11.5. The van der Waals surface area contributed by atoms with Crippen LogP contribution in [0.15, 0.2) is 56.6 Å². The highest BCUT2D eigenvalue weighted by Gasteiger charge is 2.28. The van der Waals surface area contributed by atoms with E-state index < -0.39 is 5.20 Å². The smallest absolute Gasteiger partial charge is 0.339 e. The summed E-state index contributed by atoms with van der Waals surface area (Å²) >= 11 is 32.3. The average Bonchev–Trinajstić information content (AvgIpc) is 2.99. The van der Waals surface area contributed by atoms with Gasteiger partial charge in [-0.15, -0.1) is 0 Å². The molecule has 2 aromatic carbocycles. The Kier molecular flexibility index (Phi) is 10.1. The normalized spacial score (nSPS) is 13.9. The molecule has 1 N–H and O–H groups in total. The number of aromatic nitrogens is 1. The van der Waals surface area contributed by atoms with Gasteiger partial charge in [-0.1, -0.05) is 84.5 Å². The van der Waals surface area contributed by atoms with Crippen LogP contribution in [-0.4, -0.2) is 21.7 Å². The quantitative estimate of drug-likeness (QED) is 0.112. The zero-order valence-corrected chi connectivity index (χ0v) is 22.8. The molecule has 1 aliphatic carbocycles. The lowest BCUT2D eigenvalue weighted by Gasteiger charge is -2.02. The molecular weight excluding hydrogens is 660 g/mol. The second-order valence-corrected chi connectivity index (χ2v) is 14.9. The van der Waals surface area contributed by atoms with Gasteiger partial charge in [0.1, 0.15) is 16.0 Å². The number of fused-ring (bicyclic) bond motifs is 2. The molecule has 0 saturated heterocycles. The van der Waals surface area contributed by atoms with Crippen molar-refractivity contribution in [2.45, 2.75) is 6.42 Å². The minimum Gasteiger partial charge on any atom is -0.411 e. The van der Waals surface area contributed by atoms with Gasteiger partial charge in [-0.25, -0.2) is 4.98 Å². The minimum atomic E-state index is -3.22. The van der Waals surface area contributed by atoms with Crippen LogP contribution in [0.3, 0.4) is 0 Å². The van der Waals surface area contributed by atoms with Gasteiger partial charge in [-0.05, 0) is 57.5 Å². The van der Waals surface area contributed by atoms with Crippen LogP contribution in [0.5, 0.6) is 0 Å². The maximum Gasteiger partial charge on any atom is 0.339 e. The third kappa shape index (κ3) is 7.86. The van der Waals surface area contributed by atoms with Crippen LogP contribution in [0.1, 0.15) is 15.9 Å². The number of hydrogen-bond donors (Lipinski definition) is 1. The zero-order chi connectivity index (χ0) is 23.3. The average molecular weight is 670 g/mol.